The van der Waals surface area contributed by atoms with Gasteiger partial charge < -0.3 is 10.0 Å². The number of aliphatic hydroxyl groups is 1. The van der Waals surface area contributed by atoms with E-state index in [1.165, 1.54) is 18.5 Å². The molecule has 1 N–H and O–H groups in total. The molecule has 0 radical (unpaired) electrons. The molecule has 3 aliphatic rings. The Bertz CT molecular complexity index is 391. The zero-order chi connectivity index (χ0) is 13.5. The van der Waals surface area contributed by atoms with Gasteiger partial charge in [-0.1, -0.05) is 6.08 Å². The Morgan fingerprint density at radius 1 is 1.47 bits per heavy atom. The minimum Gasteiger partial charge on any atom is -0.388 e. The van der Waals surface area contributed by atoms with E-state index in [-0.39, 0.29) is 5.91 Å². The van der Waals surface area contributed by atoms with Crippen LogP contribution in [0, 0.1) is 0 Å². The Morgan fingerprint density at radius 2 is 2.21 bits per heavy atom. The first-order chi connectivity index (χ1) is 9.05. The minimum absolute atomic E-state index is 0.228. The monoisotopic (exact) mass is 264 g/mol. The van der Waals surface area contributed by atoms with Crippen molar-refractivity contribution in [1.29, 1.82) is 0 Å². The Morgan fingerprint density at radius 3 is 2.74 bits per heavy atom. The fourth-order valence-electron chi connectivity index (χ4n) is 3.27. The molecule has 2 fully saturated rings. The van der Waals surface area contributed by atoms with Crippen molar-refractivity contribution in [3.05, 3.63) is 11.8 Å². The molecule has 2 aliphatic carbocycles. The molecule has 0 spiro atoms. The summed E-state index contributed by atoms with van der Waals surface area (Å²) in [5.41, 5.74) is 0.667. The normalized spacial score (nSPS) is 26.5. The third kappa shape index (κ3) is 3.00. The van der Waals surface area contributed by atoms with Crippen LogP contribution in [-0.4, -0.2) is 52.1 Å². The maximum atomic E-state index is 12.5. The van der Waals surface area contributed by atoms with Crippen LogP contribution in [0.3, 0.4) is 0 Å². The van der Waals surface area contributed by atoms with Gasteiger partial charge in [0.25, 0.3) is 0 Å². The number of β-amino-alcohol motifs (C(OH)–C–C–N with tert-alkyl or cyclic N) is 1. The summed E-state index contributed by atoms with van der Waals surface area (Å²) in [6.07, 6.45) is 9.20. The van der Waals surface area contributed by atoms with Crippen LogP contribution < -0.4 is 0 Å². The van der Waals surface area contributed by atoms with Gasteiger partial charge in [-0.05, 0) is 45.4 Å². The van der Waals surface area contributed by atoms with Gasteiger partial charge >= 0.3 is 0 Å². The topological polar surface area (TPSA) is 43.8 Å². The molecular formula is C15H24N2O2. The molecule has 0 unspecified atom stereocenters. The van der Waals surface area contributed by atoms with Gasteiger partial charge in [0.15, 0.2) is 0 Å². The van der Waals surface area contributed by atoms with Crippen molar-refractivity contribution in [3.8, 4) is 0 Å². The summed E-state index contributed by atoms with van der Waals surface area (Å²) in [4.78, 5) is 16.6. The fourth-order valence-corrected chi connectivity index (χ4v) is 3.27. The van der Waals surface area contributed by atoms with Crippen molar-refractivity contribution >= 4 is 5.91 Å². The van der Waals surface area contributed by atoms with Gasteiger partial charge in [-0.15, -0.1) is 0 Å². The second kappa shape index (κ2) is 4.91. The molecule has 0 aromatic rings. The number of nitrogens with zero attached hydrogens (tertiary/aromatic N) is 2. The highest BCUT2D eigenvalue weighted by atomic mass is 16.3. The summed E-state index contributed by atoms with van der Waals surface area (Å²) < 4.78 is 0. The largest absolute Gasteiger partial charge is 0.388 e. The van der Waals surface area contributed by atoms with Gasteiger partial charge in [0.1, 0.15) is 0 Å². The summed E-state index contributed by atoms with van der Waals surface area (Å²) in [7, 11) is 0. The Hall–Kier alpha value is -0.870. The van der Waals surface area contributed by atoms with E-state index in [2.05, 4.69) is 11.0 Å². The predicted molar refractivity (Wildman–Crippen MR) is 73.5 cm³/mol. The molecule has 1 saturated carbocycles. The molecular weight excluding hydrogens is 240 g/mol. The molecule has 3 rings (SSSR count). The van der Waals surface area contributed by atoms with E-state index in [9.17, 15) is 9.90 Å². The number of amides is 1. The number of rotatable bonds is 4. The van der Waals surface area contributed by atoms with Crippen LogP contribution in [0.2, 0.25) is 0 Å². The van der Waals surface area contributed by atoms with Crippen LogP contribution in [-0.2, 0) is 4.79 Å². The Kier molecular flexibility index (Phi) is 3.39. The second-order valence-electron chi connectivity index (χ2n) is 6.58. The van der Waals surface area contributed by atoms with Gasteiger partial charge in [0.05, 0.1) is 12.1 Å². The van der Waals surface area contributed by atoms with E-state index in [0.717, 1.165) is 25.7 Å². The second-order valence-corrected chi connectivity index (χ2v) is 6.58. The average molecular weight is 264 g/mol. The number of hydrogen-bond acceptors (Lipinski definition) is 3. The third-order valence-electron chi connectivity index (χ3n) is 4.24. The quantitative estimate of drug-likeness (QED) is 0.837. The molecule has 1 aliphatic heterocycles. The number of hydrogen-bond donors (Lipinski definition) is 1. The predicted octanol–water partition coefficient (Wildman–Crippen LogP) is 1.50. The highest BCUT2D eigenvalue weighted by Crippen LogP contribution is 2.34. The molecule has 1 amide bonds. The molecule has 0 aromatic carbocycles. The van der Waals surface area contributed by atoms with Crippen molar-refractivity contribution in [2.75, 3.05) is 19.6 Å². The van der Waals surface area contributed by atoms with Gasteiger partial charge in [-0.3, -0.25) is 9.69 Å². The molecule has 1 saturated heterocycles. The van der Waals surface area contributed by atoms with Crippen LogP contribution >= 0.6 is 0 Å². The van der Waals surface area contributed by atoms with E-state index in [1.54, 1.807) is 0 Å². The van der Waals surface area contributed by atoms with Crippen molar-refractivity contribution < 1.29 is 9.90 Å². The molecule has 1 heterocycles. The molecule has 0 atom stereocenters. The van der Waals surface area contributed by atoms with Gasteiger partial charge in [-0.2, -0.15) is 0 Å². The van der Waals surface area contributed by atoms with Crippen LogP contribution in [0.1, 0.15) is 45.4 Å². The highest BCUT2D eigenvalue weighted by Gasteiger charge is 2.40. The first-order valence-corrected chi connectivity index (χ1v) is 7.51. The lowest BCUT2D eigenvalue weighted by molar-refractivity contribution is -0.138. The van der Waals surface area contributed by atoms with Crippen LogP contribution in [0.5, 0.6) is 0 Å². The summed E-state index contributed by atoms with van der Waals surface area (Å²) in [6, 6.07) is 0.457. The van der Waals surface area contributed by atoms with Crippen molar-refractivity contribution in [2.24, 2.45) is 0 Å². The van der Waals surface area contributed by atoms with Crippen molar-refractivity contribution in [2.45, 2.75) is 57.1 Å². The summed E-state index contributed by atoms with van der Waals surface area (Å²) in [5.74, 6) is 0.228. The first-order valence-electron chi connectivity index (χ1n) is 7.51. The lowest BCUT2D eigenvalue weighted by Gasteiger charge is -2.44. The van der Waals surface area contributed by atoms with Crippen molar-refractivity contribution in [3.63, 3.8) is 0 Å². The van der Waals surface area contributed by atoms with E-state index in [0.29, 0.717) is 25.7 Å². The van der Waals surface area contributed by atoms with Crippen LogP contribution in [0.4, 0.5) is 0 Å². The minimum atomic E-state index is -0.588. The molecule has 0 bridgehead atoms. The molecule has 4 nitrogen and oxygen atoms in total. The zero-order valence-electron chi connectivity index (χ0n) is 11.8. The maximum absolute atomic E-state index is 12.5. The zero-order valence-corrected chi connectivity index (χ0v) is 11.8. The number of carbonyl (C=O) groups excluding carboxylic acids is 1. The maximum Gasteiger partial charge on any atom is 0.241 e. The van der Waals surface area contributed by atoms with E-state index < -0.39 is 5.60 Å². The van der Waals surface area contributed by atoms with Crippen LogP contribution in [0.25, 0.3) is 0 Å². The Balaban J connectivity index is 1.60. The number of carbonyl (C=O) groups is 1. The Labute approximate surface area is 115 Å². The molecule has 19 heavy (non-hydrogen) atoms. The number of allylic oxidation sites excluding steroid dienone is 2. The SMILES string of the molecule is CC1(O)CN(CC(=O)N(C2=CCCCC2)C2CC2)C1. The lowest BCUT2D eigenvalue weighted by atomic mass is 9.97. The standard InChI is InChI=1S/C15H24N2O2/c1-15(19)10-16(11-15)9-14(18)17(13-7-8-13)12-5-3-2-4-6-12/h5,13,19H,2-4,6-11H2,1H3. The summed E-state index contributed by atoms with van der Waals surface area (Å²) in [6.45, 7) is 3.53. The smallest absolute Gasteiger partial charge is 0.241 e. The van der Waals surface area contributed by atoms with E-state index >= 15 is 0 Å². The summed E-state index contributed by atoms with van der Waals surface area (Å²) >= 11 is 0. The highest BCUT2D eigenvalue weighted by molar-refractivity contribution is 5.81. The fraction of sp³-hybridized carbons (Fsp3) is 0.800. The van der Waals surface area contributed by atoms with Crippen LogP contribution in [0.15, 0.2) is 11.8 Å². The van der Waals surface area contributed by atoms with Gasteiger partial charge in [-0.25, -0.2) is 0 Å². The van der Waals surface area contributed by atoms with E-state index in [1.807, 2.05) is 11.8 Å². The average Bonchev–Trinajstić information content (AvgIpc) is 3.13. The van der Waals surface area contributed by atoms with E-state index in [4.69, 9.17) is 0 Å². The van der Waals surface area contributed by atoms with Gasteiger partial charge in [0.2, 0.25) is 5.91 Å². The first kappa shape index (κ1) is 13.1. The van der Waals surface area contributed by atoms with Gasteiger partial charge in [0, 0.05) is 24.8 Å². The number of likely N-dealkylation sites (tertiary alicyclic amines) is 1. The lowest BCUT2D eigenvalue weighted by Crippen LogP contribution is -2.61. The molecule has 106 valence electrons. The molecule has 4 heteroatoms. The molecule has 0 aromatic heterocycles. The summed E-state index contributed by atoms with van der Waals surface area (Å²) in [5, 5.41) is 9.73. The van der Waals surface area contributed by atoms with Crippen molar-refractivity contribution in [1.82, 2.24) is 9.80 Å². The third-order valence-corrected chi connectivity index (χ3v) is 4.24.